The van der Waals surface area contributed by atoms with Crippen LogP contribution in [0.3, 0.4) is 0 Å². The summed E-state index contributed by atoms with van der Waals surface area (Å²) < 4.78 is 7.27. The first kappa shape index (κ1) is 16.9. The van der Waals surface area contributed by atoms with Gasteiger partial charge < -0.3 is 4.74 Å². The summed E-state index contributed by atoms with van der Waals surface area (Å²) in [6.45, 7) is 2.68. The highest BCUT2D eigenvalue weighted by atomic mass is 79.9. The average molecular weight is 403 g/mol. The smallest absolute Gasteiger partial charge is 0.127 e. The van der Waals surface area contributed by atoms with Gasteiger partial charge in [0.25, 0.3) is 0 Å². The van der Waals surface area contributed by atoms with Gasteiger partial charge in [-0.1, -0.05) is 88.2 Å². The second-order valence-electron chi connectivity index (χ2n) is 6.41. The van der Waals surface area contributed by atoms with E-state index in [2.05, 4.69) is 83.5 Å². The standard InChI is InChI=1S/C24H19BrO/c1-17-11-12-20-19(21-9-5-6-10-23(21)25)13-14-24(22(20)15-17)26-16-18-7-3-2-4-8-18/h2-15H,16H2,1H3. The van der Waals surface area contributed by atoms with E-state index in [4.69, 9.17) is 4.74 Å². The molecular formula is C24H19BrO. The van der Waals surface area contributed by atoms with Crippen LogP contribution in [0.1, 0.15) is 11.1 Å². The van der Waals surface area contributed by atoms with Crippen LogP contribution in [0, 0.1) is 6.92 Å². The van der Waals surface area contributed by atoms with Gasteiger partial charge in [-0.05, 0) is 47.2 Å². The van der Waals surface area contributed by atoms with Crippen molar-refractivity contribution in [3.63, 3.8) is 0 Å². The molecule has 0 atom stereocenters. The number of hydrogen-bond donors (Lipinski definition) is 0. The number of hydrogen-bond acceptors (Lipinski definition) is 1. The predicted molar refractivity (Wildman–Crippen MR) is 113 cm³/mol. The fourth-order valence-corrected chi connectivity index (χ4v) is 3.71. The van der Waals surface area contributed by atoms with Crippen LogP contribution in [0.15, 0.2) is 89.4 Å². The molecule has 26 heavy (non-hydrogen) atoms. The van der Waals surface area contributed by atoms with Crippen molar-refractivity contribution in [2.45, 2.75) is 13.5 Å². The lowest BCUT2D eigenvalue weighted by atomic mass is 9.96. The highest BCUT2D eigenvalue weighted by Crippen LogP contribution is 2.38. The molecule has 0 aliphatic carbocycles. The maximum atomic E-state index is 6.17. The summed E-state index contributed by atoms with van der Waals surface area (Å²) in [4.78, 5) is 0. The zero-order chi connectivity index (χ0) is 17.9. The lowest BCUT2D eigenvalue weighted by molar-refractivity contribution is 0.310. The van der Waals surface area contributed by atoms with Crippen molar-refractivity contribution in [2.75, 3.05) is 0 Å². The van der Waals surface area contributed by atoms with Crippen LogP contribution in [0.25, 0.3) is 21.9 Å². The number of benzene rings is 4. The van der Waals surface area contributed by atoms with Gasteiger partial charge in [0.05, 0.1) is 0 Å². The molecule has 1 nitrogen and oxygen atoms in total. The molecule has 0 bridgehead atoms. The van der Waals surface area contributed by atoms with Crippen molar-refractivity contribution in [1.82, 2.24) is 0 Å². The number of fused-ring (bicyclic) bond motifs is 1. The van der Waals surface area contributed by atoms with Gasteiger partial charge in [0.15, 0.2) is 0 Å². The highest BCUT2D eigenvalue weighted by Gasteiger charge is 2.11. The molecule has 4 aromatic carbocycles. The van der Waals surface area contributed by atoms with E-state index < -0.39 is 0 Å². The normalized spacial score (nSPS) is 10.8. The zero-order valence-corrected chi connectivity index (χ0v) is 16.2. The molecule has 2 heteroatoms. The molecule has 0 aliphatic rings. The molecule has 0 saturated heterocycles. The Morgan fingerprint density at radius 3 is 2.31 bits per heavy atom. The molecule has 4 aromatic rings. The summed E-state index contributed by atoms with van der Waals surface area (Å²) in [6, 6.07) is 29.4. The van der Waals surface area contributed by atoms with Crippen LogP contribution < -0.4 is 4.74 Å². The first-order valence-corrected chi connectivity index (χ1v) is 9.47. The van der Waals surface area contributed by atoms with Crippen LogP contribution in [0.5, 0.6) is 5.75 Å². The third-order valence-electron chi connectivity index (χ3n) is 4.53. The van der Waals surface area contributed by atoms with Crippen LogP contribution >= 0.6 is 15.9 Å². The fourth-order valence-electron chi connectivity index (χ4n) is 3.21. The van der Waals surface area contributed by atoms with E-state index in [1.165, 1.54) is 27.6 Å². The quantitative estimate of drug-likeness (QED) is 0.351. The summed E-state index contributed by atoms with van der Waals surface area (Å²) in [7, 11) is 0. The second kappa shape index (κ2) is 7.35. The Balaban J connectivity index is 1.79. The monoisotopic (exact) mass is 402 g/mol. The molecule has 0 aromatic heterocycles. The molecule has 4 rings (SSSR count). The molecule has 0 radical (unpaired) electrons. The maximum Gasteiger partial charge on any atom is 0.127 e. The Labute approximate surface area is 162 Å². The zero-order valence-electron chi connectivity index (χ0n) is 14.6. The second-order valence-corrected chi connectivity index (χ2v) is 7.27. The largest absolute Gasteiger partial charge is 0.488 e. The fraction of sp³-hybridized carbons (Fsp3) is 0.0833. The highest BCUT2D eigenvalue weighted by molar-refractivity contribution is 9.10. The van der Waals surface area contributed by atoms with Crippen molar-refractivity contribution < 1.29 is 4.74 Å². The average Bonchev–Trinajstić information content (AvgIpc) is 2.67. The van der Waals surface area contributed by atoms with E-state index >= 15 is 0 Å². The van der Waals surface area contributed by atoms with Gasteiger partial charge in [-0.3, -0.25) is 0 Å². The van der Waals surface area contributed by atoms with Crippen LogP contribution in [0.4, 0.5) is 0 Å². The molecular weight excluding hydrogens is 384 g/mol. The summed E-state index contributed by atoms with van der Waals surface area (Å²) in [6.07, 6.45) is 0. The van der Waals surface area contributed by atoms with E-state index in [1.807, 2.05) is 24.3 Å². The Morgan fingerprint density at radius 2 is 1.50 bits per heavy atom. The van der Waals surface area contributed by atoms with Crippen molar-refractivity contribution in [1.29, 1.82) is 0 Å². The summed E-state index contributed by atoms with van der Waals surface area (Å²) >= 11 is 3.68. The third-order valence-corrected chi connectivity index (χ3v) is 5.22. The first-order chi connectivity index (χ1) is 12.7. The van der Waals surface area contributed by atoms with Gasteiger partial charge in [0.1, 0.15) is 12.4 Å². The molecule has 0 spiro atoms. The topological polar surface area (TPSA) is 9.23 Å². The summed E-state index contributed by atoms with van der Waals surface area (Å²) in [5.41, 5.74) is 4.80. The third kappa shape index (κ3) is 3.38. The van der Waals surface area contributed by atoms with Gasteiger partial charge in [-0.15, -0.1) is 0 Å². The molecule has 0 saturated carbocycles. The minimum atomic E-state index is 0.568. The van der Waals surface area contributed by atoms with E-state index in [9.17, 15) is 0 Å². The van der Waals surface area contributed by atoms with Gasteiger partial charge in [-0.25, -0.2) is 0 Å². The van der Waals surface area contributed by atoms with Crippen molar-refractivity contribution in [3.05, 3.63) is 101 Å². The molecule has 128 valence electrons. The Morgan fingerprint density at radius 1 is 0.731 bits per heavy atom. The van der Waals surface area contributed by atoms with E-state index in [0.29, 0.717) is 6.61 Å². The van der Waals surface area contributed by atoms with Crippen LogP contribution in [-0.2, 0) is 6.61 Å². The molecule has 0 heterocycles. The predicted octanol–water partition coefficient (Wildman–Crippen LogP) is 7.16. The SMILES string of the molecule is Cc1ccc2c(-c3ccccc3Br)ccc(OCc3ccccc3)c2c1. The van der Waals surface area contributed by atoms with Crippen LogP contribution in [-0.4, -0.2) is 0 Å². The number of ether oxygens (including phenoxy) is 1. The molecule has 0 unspecified atom stereocenters. The summed E-state index contributed by atoms with van der Waals surface area (Å²) in [5, 5.41) is 2.35. The Bertz CT molecular complexity index is 1050. The lowest BCUT2D eigenvalue weighted by Gasteiger charge is -2.14. The molecule has 0 N–H and O–H groups in total. The molecule has 0 fully saturated rings. The Kier molecular flexibility index (Phi) is 4.77. The van der Waals surface area contributed by atoms with Gasteiger partial charge in [0.2, 0.25) is 0 Å². The van der Waals surface area contributed by atoms with E-state index in [-0.39, 0.29) is 0 Å². The first-order valence-electron chi connectivity index (χ1n) is 8.67. The van der Waals surface area contributed by atoms with Crippen molar-refractivity contribution in [2.24, 2.45) is 0 Å². The molecule has 0 amide bonds. The minimum Gasteiger partial charge on any atom is -0.488 e. The minimum absolute atomic E-state index is 0.568. The maximum absolute atomic E-state index is 6.17. The van der Waals surface area contributed by atoms with Gasteiger partial charge in [-0.2, -0.15) is 0 Å². The van der Waals surface area contributed by atoms with Crippen LogP contribution in [0.2, 0.25) is 0 Å². The van der Waals surface area contributed by atoms with Gasteiger partial charge in [0, 0.05) is 9.86 Å². The number of halogens is 1. The van der Waals surface area contributed by atoms with Crippen molar-refractivity contribution >= 4 is 26.7 Å². The van der Waals surface area contributed by atoms with E-state index in [1.54, 1.807) is 0 Å². The molecule has 0 aliphatic heterocycles. The lowest BCUT2D eigenvalue weighted by Crippen LogP contribution is -1.96. The van der Waals surface area contributed by atoms with E-state index in [0.717, 1.165) is 15.6 Å². The van der Waals surface area contributed by atoms with Gasteiger partial charge >= 0.3 is 0 Å². The number of rotatable bonds is 4. The number of aryl methyl sites for hydroxylation is 1. The Hall–Kier alpha value is -2.58. The summed E-state index contributed by atoms with van der Waals surface area (Å²) in [5.74, 6) is 0.920. The van der Waals surface area contributed by atoms with Crippen molar-refractivity contribution in [3.8, 4) is 16.9 Å².